The maximum atomic E-state index is 4.07. The highest BCUT2D eigenvalue weighted by Gasteiger charge is 1.95. The molecule has 0 fully saturated rings. The van der Waals surface area contributed by atoms with Crippen LogP contribution in [0.15, 0.2) is 24.9 Å². The molecule has 0 atom stereocenters. The number of rotatable bonds is 5. The Kier molecular flexibility index (Phi) is 3.54. The van der Waals surface area contributed by atoms with Crippen molar-refractivity contribution in [2.75, 3.05) is 6.54 Å². The molecule has 1 aromatic heterocycles. The molecule has 1 N–H and O–H groups in total. The molecule has 1 heterocycles. The number of hydrogen-bond acceptors (Lipinski definition) is 2. The molecule has 1 aromatic rings. The molecule has 0 aliphatic carbocycles. The second kappa shape index (κ2) is 4.72. The fourth-order valence-electron chi connectivity index (χ4n) is 0.995. The van der Waals surface area contributed by atoms with E-state index in [1.807, 2.05) is 30.1 Å². The van der Waals surface area contributed by atoms with Gasteiger partial charge >= 0.3 is 0 Å². The van der Waals surface area contributed by atoms with Crippen LogP contribution in [0.1, 0.15) is 12.1 Å². The van der Waals surface area contributed by atoms with Gasteiger partial charge in [0, 0.05) is 19.8 Å². The van der Waals surface area contributed by atoms with E-state index in [-0.39, 0.29) is 0 Å². The second-order valence-corrected chi connectivity index (χ2v) is 2.70. The summed E-state index contributed by atoms with van der Waals surface area (Å²) in [5.74, 6) is 0. The molecule has 0 aromatic carbocycles. The first-order valence-corrected chi connectivity index (χ1v) is 4.13. The minimum absolute atomic E-state index is 0.879. The van der Waals surface area contributed by atoms with Crippen LogP contribution >= 0.6 is 0 Å². The quantitative estimate of drug-likeness (QED) is 0.523. The van der Waals surface area contributed by atoms with Crippen molar-refractivity contribution in [2.45, 2.75) is 13.0 Å². The van der Waals surface area contributed by atoms with Gasteiger partial charge < -0.3 is 5.32 Å². The van der Waals surface area contributed by atoms with Gasteiger partial charge in [-0.1, -0.05) is 6.08 Å². The Balaban J connectivity index is 2.24. The predicted molar refractivity (Wildman–Crippen MR) is 49.7 cm³/mol. The Morgan fingerprint density at radius 2 is 2.58 bits per heavy atom. The molecule has 0 radical (unpaired) electrons. The number of aromatic nitrogens is 2. The Labute approximate surface area is 73.1 Å². The second-order valence-electron chi connectivity index (χ2n) is 2.70. The van der Waals surface area contributed by atoms with Gasteiger partial charge in [-0.15, -0.1) is 6.58 Å². The van der Waals surface area contributed by atoms with E-state index in [4.69, 9.17) is 0 Å². The highest BCUT2D eigenvalue weighted by molar-refractivity contribution is 4.99. The summed E-state index contributed by atoms with van der Waals surface area (Å²) in [6, 6.07) is 2.01. The Morgan fingerprint density at radius 1 is 1.75 bits per heavy atom. The Bertz CT molecular complexity index is 240. The molecule has 0 aliphatic heterocycles. The van der Waals surface area contributed by atoms with Gasteiger partial charge in [0.25, 0.3) is 0 Å². The zero-order valence-corrected chi connectivity index (χ0v) is 7.45. The normalized spacial score (nSPS) is 10.1. The minimum atomic E-state index is 0.879. The van der Waals surface area contributed by atoms with E-state index in [0.717, 1.165) is 19.5 Å². The van der Waals surface area contributed by atoms with E-state index >= 15 is 0 Å². The fraction of sp³-hybridized carbons (Fsp3) is 0.444. The molecule has 12 heavy (non-hydrogen) atoms. The van der Waals surface area contributed by atoms with Crippen LogP contribution in [-0.4, -0.2) is 16.3 Å². The number of hydrogen-bond donors (Lipinski definition) is 1. The fourth-order valence-corrected chi connectivity index (χ4v) is 0.995. The van der Waals surface area contributed by atoms with Gasteiger partial charge in [-0.3, -0.25) is 4.68 Å². The minimum Gasteiger partial charge on any atom is -0.311 e. The third-order valence-electron chi connectivity index (χ3n) is 1.75. The summed E-state index contributed by atoms with van der Waals surface area (Å²) < 4.78 is 1.88. The Morgan fingerprint density at radius 3 is 3.17 bits per heavy atom. The zero-order valence-electron chi connectivity index (χ0n) is 7.45. The summed E-state index contributed by atoms with van der Waals surface area (Å²) in [6.45, 7) is 5.52. The van der Waals surface area contributed by atoms with E-state index in [2.05, 4.69) is 17.0 Å². The highest BCUT2D eigenvalue weighted by atomic mass is 15.3. The number of nitrogens with zero attached hydrogens (tertiary/aromatic N) is 2. The van der Waals surface area contributed by atoms with Crippen LogP contribution in [0.5, 0.6) is 0 Å². The van der Waals surface area contributed by atoms with Crippen molar-refractivity contribution in [3.63, 3.8) is 0 Å². The highest BCUT2D eigenvalue weighted by Crippen LogP contribution is 1.94. The topological polar surface area (TPSA) is 29.9 Å². The molecule has 66 valence electrons. The van der Waals surface area contributed by atoms with Crippen LogP contribution < -0.4 is 5.32 Å². The van der Waals surface area contributed by atoms with Gasteiger partial charge in [0.05, 0.1) is 5.69 Å². The van der Waals surface area contributed by atoms with Crippen molar-refractivity contribution >= 4 is 0 Å². The number of aryl methyl sites for hydroxylation is 1. The average Bonchev–Trinajstić information content (AvgIpc) is 2.46. The lowest BCUT2D eigenvalue weighted by Gasteiger charge is -2.02. The van der Waals surface area contributed by atoms with Crippen LogP contribution in [0, 0.1) is 0 Å². The largest absolute Gasteiger partial charge is 0.311 e. The molecule has 0 unspecified atom stereocenters. The van der Waals surface area contributed by atoms with E-state index in [0.29, 0.717) is 0 Å². The third kappa shape index (κ3) is 2.51. The third-order valence-corrected chi connectivity index (χ3v) is 1.75. The van der Waals surface area contributed by atoms with Crippen molar-refractivity contribution in [3.8, 4) is 0 Å². The van der Waals surface area contributed by atoms with Crippen LogP contribution in [0.2, 0.25) is 0 Å². The summed E-state index contributed by atoms with van der Waals surface area (Å²) in [7, 11) is 1.95. The van der Waals surface area contributed by atoms with Gasteiger partial charge in [-0.05, 0) is 19.0 Å². The summed E-state index contributed by atoms with van der Waals surface area (Å²) in [4.78, 5) is 0. The van der Waals surface area contributed by atoms with Crippen molar-refractivity contribution in [2.24, 2.45) is 7.05 Å². The van der Waals surface area contributed by atoms with Crippen molar-refractivity contribution < 1.29 is 0 Å². The molecule has 0 aliphatic rings. The van der Waals surface area contributed by atoms with Crippen LogP contribution in [0.25, 0.3) is 0 Å². The predicted octanol–water partition coefficient (Wildman–Crippen LogP) is 1.09. The lowest BCUT2D eigenvalue weighted by Crippen LogP contribution is -2.16. The first-order valence-electron chi connectivity index (χ1n) is 4.13. The summed E-state index contributed by atoms with van der Waals surface area (Å²) >= 11 is 0. The maximum Gasteiger partial charge on any atom is 0.0518 e. The van der Waals surface area contributed by atoms with Crippen LogP contribution in [-0.2, 0) is 13.6 Å². The summed E-state index contributed by atoms with van der Waals surface area (Å²) in [5.41, 5.74) is 1.21. The standard InChI is InChI=1S/C9H15N3/c1-3-4-6-10-8-9-5-7-11-12(9)2/h3,5,7,10H,1,4,6,8H2,2H3. The smallest absolute Gasteiger partial charge is 0.0518 e. The molecule has 0 amide bonds. The van der Waals surface area contributed by atoms with Crippen molar-refractivity contribution in [1.82, 2.24) is 15.1 Å². The molecule has 3 nitrogen and oxygen atoms in total. The van der Waals surface area contributed by atoms with E-state index < -0.39 is 0 Å². The van der Waals surface area contributed by atoms with Gasteiger partial charge in [-0.25, -0.2) is 0 Å². The summed E-state index contributed by atoms with van der Waals surface area (Å²) in [5, 5.41) is 7.37. The van der Waals surface area contributed by atoms with Crippen molar-refractivity contribution in [3.05, 3.63) is 30.6 Å². The van der Waals surface area contributed by atoms with Gasteiger partial charge in [0.15, 0.2) is 0 Å². The number of nitrogens with one attached hydrogen (secondary N) is 1. The lowest BCUT2D eigenvalue weighted by molar-refractivity contribution is 0.630. The van der Waals surface area contributed by atoms with Gasteiger partial charge in [0.2, 0.25) is 0 Å². The molecule has 0 bridgehead atoms. The van der Waals surface area contributed by atoms with Gasteiger partial charge in [-0.2, -0.15) is 5.10 Å². The maximum absolute atomic E-state index is 4.07. The zero-order chi connectivity index (χ0) is 8.81. The van der Waals surface area contributed by atoms with Crippen molar-refractivity contribution in [1.29, 1.82) is 0 Å². The monoisotopic (exact) mass is 165 g/mol. The summed E-state index contributed by atoms with van der Waals surface area (Å²) in [6.07, 6.45) is 4.73. The van der Waals surface area contributed by atoms with Crippen LogP contribution in [0.3, 0.4) is 0 Å². The van der Waals surface area contributed by atoms with E-state index in [1.54, 1.807) is 0 Å². The van der Waals surface area contributed by atoms with E-state index in [1.165, 1.54) is 5.69 Å². The Hall–Kier alpha value is -1.09. The SMILES string of the molecule is C=CCCNCc1ccnn1C. The molecule has 0 saturated carbocycles. The first kappa shape index (κ1) is 9.00. The first-order chi connectivity index (χ1) is 5.84. The van der Waals surface area contributed by atoms with Gasteiger partial charge in [0.1, 0.15) is 0 Å². The van der Waals surface area contributed by atoms with E-state index in [9.17, 15) is 0 Å². The molecule has 3 heteroatoms. The molecule has 0 spiro atoms. The van der Waals surface area contributed by atoms with Crippen LogP contribution in [0.4, 0.5) is 0 Å². The molecule has 0 saturated heterocycles. The molecule has 1 rings (SSSR count). The average molecular weight is 165 g/mol. The molecular formula is C9H15N3. The molecular weight excluding hydrogens is 150 g/mol. The lowest BCUT2D eigenvalue weighted by atomic mass is 10.4.